The van der Waals surface area contributed by atoms with Gasteiger partial charge >= 0.3 is 0 Å². The SMILES string of the molecule is CN(C)C(C)(CN)Cc1ccc(Cl)c([N+](=O)[O-])c1. The van der Waals surface area contributed by atoms with Crippen LogP contribution < -0.4 is 5.73 Å². The van der Waals surface area contributed by atoms with Crippen LogP contribution in [0.3, 0.4) is 0 Å². The molecule has 1 atom stereocenters. The average Bonchev–Trinajstić information content (AvgIpc) is 2.30. The zero-order valence-corrected chi connectivity index (χ0v) is 11.6. The van der Waals surface area contributed by atoms with E-state index in [-0.39, 0.29) is 16.2 Å². The van der Waals surface area contributed by atoms with E-state index in [1.54, 1.807) is 12.1 Å². The maximum Gasteiger partial charge on any atom is 0.288 e. The van der Waals surface area contributed by atoms with E-state index in [1.165, 1.54) is 6.07 Å². The third-order valence-corrected chi connectivity index (χ3v) is 3.63. The highest BCUT2D eigenvalue weighted by Gasteiger charge is 2.26. The summed E-state index contributed by atoms with van der Waals surface area (Å²) >= 11 is 5.78. The van der Waals surface area contributed by atoms with Crippen LogP contribution in [0.4, 0.5) is 5.69 Å². The van der Waals surface area contributed by atoms with Crippen molar-refractivity contribution in [1.29, 1.82) is 0 Å². The number of hydrogen-bond acceptors (Lipinski definition) is 4. The summed E-state index contributed by atoms with van der Waals surface area (Å²) in [6.45, 7) is 2.49. The molecule has 0 amide bonds. The minimum atomic E-state index is -0.471. The van der Waals surface area contributed by atoms with Gasteiger partial charge in [-0.05, 0) is 39.1 Å². The van der Waals surface area contributed by atoms with Crippen molar-refractivity contribution in [2.45, 2.75) is 18.9 Å². The molecule has 1 aromatic rings. The van der Waals surface area contributed by atoms with Gasteiger partial charge in [-0.15, -0.1) is 0 Å². The van der Waals surface area contributed by atoms with Gasteiger partial charge in [-0.1, -0.05) is 17.7 Å². The summed E-state index contributed by atoms with van der Waals surface area (Å²) in [4.78, 5) is 12.4. The van der Waals surface area contributed by atoms with Crippen molar-refractivity contribution in [1.82, 2.24) is 4.90 Å². The van der Waals surface area contributed by atoms with E-state index in [1.807, 2.05) is 25.9 Å². The molecule has 0 aromatic heterocycles. The van der Waals surface area contributed by atoms with Gasteiger partial charge in [0.15, 0.2) is 0 Å². The Bertz CT molecular complexity index is 451. The predicted octanol–water partition coefficient (Wildman–Crippen LogP) is 2.07. The molecule has 0 saturated carbocycles. The van der Waals surface area contributed by atoms with E-state index in [4.69, 9.17) is 17.3 Å². The number of rotatable bonds is 5. The molecular formula is C12H18ClN3O2. The van der Waals surface area contributed by atoms with Gasteiger partial charge in [-0.3, -0.25) is 10.1 Å². The summed E-state index contributed by atoms with van der Waals surface area (Å²) < 4.78 is 0. The summed E-state index contributed by atoms with van der Waals surface area (Å²) in [6, 6.07) is 4.87. The lowest BCUT2D eigenvalue weighted by molar-refractivity contribution is -0.384. The molecule has 1 aromatic carbocycles. The molecule has 0 bridgehead atoms. The average molecular weight is 272 g/mol. The number of likely N-dealkylation sites (N-methyl/N-ethyl adjacent to an activating group) is 1. The lowest BCUT2D eigenvalue weighted by Crippen LogP contribution is -2.49. The van der Waals surface area contributed by atoms with Crippen LogP contribution in [-0.2, 0) is 6.42 Å². The summed E-state index contributed by atoms with van der Waals surface area (Å²) in [5.41, 5.74) is 6.34. The fourth-order valence-corrected chi connectivity index (χ4v) is 1.85. The molecule has 5 nitrogen and oxygen atoms in total. The molecule has 0 aliphatic carbocycles. The van der Waals surface area contributed by atoms with E-state index >= 15 is 0 Å². The Morgan fingerprint density at radius 3 is 2.56 bits per heavy atom. The van der Waals surface area contributed by atoms with Gasteiger partial charge in [0.25, 0.3) is 5.69 Å². The molecule has 0 saturated heterocycles. The fourth-order valence-electron chi connectivity index (χ4n) is 1.66. The molecule has 1 unspecified atom stereocenters. The van der Waals surface area contributed by atoms with Crippen LogP contribution in [0.1, 0.15) is 12.5 Å². The van der Waals surface area contributed by atoms with Gasteiger partial charge in [0, 0.05) is 18.2 Å². The van der Waals surface area contributed by atoms with Crippen molar-refractivity contribution in [2.24, 2.45) is 5.73 Å². The molecule has 0 aliphatic rings. The number of nitrogens with two attached hydrogens (primary N) is 1. The molecule has 2 N–H and O–H groups in total. The first kappa shape index (κ1) is 14.9. The second-order valence-electron chi connectivity index (χ2n) is 4.82. The van der Waals surface area contributed by atoms with Crippen molar-refractivity contribution >= 4 is 17.3 Å². The Balaban J connectivity index is 3.05. The van der Waals surface area contributed by atoms with Gasteiger partial charge < -0.3 is 10.6 Å². The van der Waals surface area contributed by atoms with Crippen LogP contribution in [0, 0.1) is 10.1 Å². The van der Waals surface area contributed by atoms with Crippen LogP contribution in [0.15, 0.2) is 18.2 Å². The Kier molecular flexibility index (Phi) is 4.67. The molecule has 0 aliphatic heterocycles. The fraction of sp³-hybridized carbons (Fsp3) is 0.500. The molecule has 1 rings (SSSR count). The number of halogens is 1. The molecular weight excluding hydrogens is 254 g/mol. The summed E-state index contributed by atoms with van der Waals surface area (Å²) in [6.07, 6.45) is 0.633. The highest BCUT2D eigenvalue weighted by Crippen LogP contribution is 2.27. The quantitative estimate of drug-likeness (QED) is 0.657. The minimum absolute atomic E-state index is 0.0627. The Morgan fingerprint density at radius 2 is 2.11 bits per heavy atom. The van der Waals surface area contributed by atoms with Gasteiger partial charge in [0.2, 0.25) is 0 Å². The van der Waals surface area contributed by atoms with Crippen LogP contribution >= 0.6 is 11.6 Å². The van der Waals surface area contributed by atoms with E-state index in [2.05, 4.69) is 0 Å². The number of benzene rings is 1. The lowest BCUT2D eigenvalue weighted by atomic mass is 9.91. The summed E-state index contributed by atoms with van der Waals surface area (Å²) in [7, 11) is 3.88. The first-order valence-electron chi connectivity index (χ1n) is 5.60. The smallest absolute Gasteiger partial charge is 0.288 e. The molecule has 0 heterocycles. The van der Waals surface area contributed by atoms with Gasteiger partial charge in [0.05, 0.1) is 4.92 Å². The van der Waals surface area contributed by atoms with E-state index in [0.29, 0.717) is 13.0 Å². The zero-order valence-electron chi connectivity index (χ0n) is 10.8. The molecule has 0 fully saturated rings. The summed E-state index contributed by atoms with van der Waals surface area (Å²) in [5.74, 6) is 0. The standard InChI is InChI=1S/C12H18ClN3O2/c1-12(8-14,15(2)3)7-9-4-5-10(13)11(6-9)16(17)18/h4-6H,7-8,14H2,1-3H3. The largest absolute Gasteiger partial charge is 0.329 e. The van der Waals surface area contributed by atoms with Gasteiger partial charge in [-0.2, -0.15) is 0 Å². The normalized spacial score (nSPS) is 14.6. The van der Waals surface area contributed by atoms with Gasteiger partial charge in [-0.25, -0.2) is 0 Å². The van der Waals surface area contributed by atoms with Crippen molar-refractivity contribution in [3.8, 4) is 0 Å². The zero-order chi connectivity index (χ0) is 13.9. The van der Waals surface area contributed by atoms with Crippen LogP contribution in [0.5, 0.6) is 0 Å². The van der Waals surface area contributed by atoms with Crippen LogP contribution in [0.25, 0.3) is 0 Å². The van der Waals surface area contributed by atoms with Crippen molar-refractivity contribution in [2.75, 3.05) is 20.6 Å². The van der Waals surface area contributed by atoms with Crippen LogP contribution in [-0.4, -0.2) is 36.0 Å². The first-order valence-corrected chi connectivity index (χ1v) is 5.98. The third-order valence-electron chi connectivity index (χ3n) is 3.31. The number of nitrogens with zero attached hydrogens (tertiary/aromatic N) is 2. The third kappa shape index (κ3) is 3.19. The highest BCUT2D eigenvalue weighted by atomic mass is 35.5. The van der Waals surface area contributed by atoms with Gasteiger partial charge in [0.1, 0.15) is 5.02 Å². The minimum Gasteiger partial charge on any atom is -0.329 e. The second kappa shape index (κ2) is 5.65. The van der Waals surface area contributed by atoms with Crippen molar-refractivity contribution in [3.05, 3.63) is 38.9 Å². The van der Waals surface area contributed by atoms with Crippen LogP contribution in [0.2, 0.25) is 5.02 Å². The number of nitro benzene ring substituents is 1. The maximum absolute atomic E-state index is 10.8. The number of hydrogen-bond donors (Lipinski definition) is 1. The van der Waals surface area contributed by atoms with E-state index in [0.717, 1.165) is 5.56 Å². The van der Waals surface area contributed by atoms with E-state index in [9.17, 15) is 10.1 Å². The molecule has 6 heteroatoms. The Labute approximate surface area is 112 Å². The molecule has 0 radical (unpaired) electrons. The number of nitro groups is 1. The predicted molar refractivity (Wildman–Crippen MR) is 73.0 cm³/mol. The Morgan fingerprint density at radius 1 is 1.50 bits per heavy atom. The first-order chi connectivity index (χ1) is 8.30. The molecule has 18 heavy (non-hydrogen) atoms. The molecule has 0 spiro atoms. The maximum atomic E-state index is 10.8. The van der Waals surface area contributed by atoms with E-state index < -0.39 is 4.92 Å². The topological polar surface area (TPSA) is 72.4 Å². The summed E-state index contributed by atoms with van der Waals surface area (Å²) in [5, 5.41) is 11.0. The Hall–Kier alpha value is -1.17. The second-order valence-corrected chi connectivity index (χ2v) is 5.22. The highest BCUT2D eigenvalue weighted by molar-refractivity contribution is 6.32. The monoisotopic (exact) mass is 271 g/mol. The van der Waals surface area contributed by atoms with Crippen molar-refractivity contribution in [3.63, 3.8) is 0 Å². The van der Waals surface area contributed by atoms with Crippen molar-refractivity contribution < 1.29 is 4.92 Å². The molecule has 100 valence electrons. The lowest BCUT2D eigenvalue weighted by Gasteiger charge is -2.35.